The molecule has 0 fully saturated rings. The van der Waals surface area contributed by atoms with Gasteiger partial charge in [-0.1, -0.05) is 0 Å². The van der Waals surface area contributed by atoms with Crippen LogP contribution in [0.1, 0.15) is 17.5 Å². The van der Waals surface area contributed by atoms with Gasteiger partial charge in [0.2, 0.25) is 6.79 Å². The summed E-state index contributed by atoms with van der Waals surface area (Å²) in [4.78, 5) is 2.32. The van der Waals surface area contributed by atoms with Gasteiger partial charge in [0.1, 0.15) is 0 Å². The van der Waals surface area contributed by atoms with Crippen molar-refractivity contribution in [2.24, 2.45) is 5.73 Å². The average molecular weight is 250 g/mol. The molecule has 4 heteroatoms. The molecule has 0 aromatic heterocycles. The van der Waals surface area contributed by atoms with Crippen molar-refractivity contribution in [3.05, 3.63) is 23.3 Å². The van der Waals surface area contributed by atoms with Gasteiger partial charge in [-0.05, 0) is 63.2 Å². The maximum absolute atomic E-state index is 5.51. The van der Waals surface area contributed by atoms with Crippen LogP contribution in [0.5, 0.6) is 11.5 Å². The smallest absolute Gasteiger partial charge is 0.231 e. The van der Waals surface area contributed by atoms with Gasteiger partial charge in [-0.25, -0.2) is 0 Å². The second-order valence-electron chi connectivity index (χ2n) is 4.83. The topological polar surface area (TPSA) is 47.7 Å². The molecule has 0 bridgehead atoms. The lowest BCUT2D eigenvalue weighted by Gasteiger charge is -2.16. The third kappa shape index (κ3) is 3.15. The lowest BCUT2D eigenvalue weighted by molar-refractivity contribution is 0.174. The molecule has 0 radical (unpaired) electrons. The molecule has 1 heterocycles. The van der Waals surface area contributed by atoms with Gasteiger partial charge >= 0.3 is 0 Å². The molecule has 1 aliphatic heterocycles. The predicted molar refractivity (Wildman–Crippen MR) is 72.2 cm³/mol. The lowest BCUT2D eigenvalue weighted by Crippen LogP contribution is -2.24. The summed E-state index contributed by atoms with van der Waals surface area (Å²) in [6, 6.07) is 4.17. The van der Waals surface area contributed by atoms with Crippen LogP contribution in [0.25, 0.3) is 0 Å². The van der Waals surface area contributed by atoms with Crippen molar-refractivity contribution in [3.8, 4) is 11.5 Å². The molecule has 4 nitrogen and oxygen atoms in total. The van der Waals surface area contributed by atoms with E-state index in [0.717, 1.165) is 44.0 Å². The van der Waals surface area contributed by atoms with Crippen LogP contribution in [0.15, 0.2) is 12.1 Å². The van der Waals surface area contributed by atoms with Gasteiger partial charge in [-0.15, -0.1) is 0 Å². The molecule has 2 rings (SSSR count). The molecule has 1 aliphatic rings. The molecule has 1 aromatic rings. The molecule has 0 atom stereocenters. The summed E-state index contributed by atoms with van der Waals surface area (Å²) in [6.45, 7) is 5.32. The zero-order chi connectivity index (χ0) is 13.0. The van der Waals surface area contributed by atoms with Gasteiger partial charge in [-0.3, -0.25) is 0 Å². The van der Waals surface area contributed by atoms with Gasteiger partial charge in [-0.2, -0.15) is 0 Å². The van der Waals surface area contributed by atoms with Crippen LogP contribution in [0.3, 0.4) is 0 Å². The van der Waals surface area contributed by atoms with E-state index in [0.29, 0.717) is 6.79 Å². The summed E-state index contributed by atoms with van der Waals surface area (Å²) in [5.74, 6) is 1.74. The minimum atomic E-state index is 0.342. The van der Waals surface area contributed by atoms with Crippen LogP contribution >= 0.6 is 0 Å². The van der Waals surface area contributed by atoms with Gasteiger partial charge in [0.25, 0.3) is 0 Å². The van der Waals surface area contributed by atoms with Crippen LogP contribution in [-0.2, 0) is 6.42 Å². The maximum atomic E-state index is 5.51. The summed E-state index contributed by atoms with van der Waals surface area (Å²) in [6.07, 6.45) is 2.08. The fourth-order valence-corrected chi connectivity index (χ4v) is 2.14. The number of rotatable bonds is 6. The number of benzene rings is 1. The average Bonchev–Trinajstić information content (AvgIpc) is 2.80. The first kappa shape index (κ1) is 13.2. The molecule has 0 aliphatic carbocycles. The van der Waals surface area contributed by atoms with Crippen LogP contribution < -0.4 is 15.2 Å². The number of ether oxygens (including phenoxy) is 2. The van der Waals surface area contributed by atoms with Crippen molar-refractivity contribution in [1.82, 2.24) is 4.90 Å². The molecular formula is C14H22N2O2. The Bertz CT molecular complexity index is 407. The van der Waals surface area contributed by atoms with E-state index in [9.17, 15) is 0 Å². The molecule has 1 aromatic carbocycles. The SMILES string of the molecule is Cc1cc2c(cc1CCN(C)CCCN)OCO2. The van der Waals surface area contributed by atoms with Crippen LogP contribution in [0.2, 0.25) is 0 Å². The van der Waals surface area contributed by atoms with Gasteiger partial charge < -0.3 is 20.1 Å². The first-order valence-corrected chi connectivity index (χ1v) is 6.48. The highest BCUT2D eigenvalue weighted by atomic mass is 16.7. The zero-order valence-electron chi connectivity index (χ0n) is 11.2. The molecule has 100 valence electrons. The molecular weight excluding hydrogens is 228 g/mol. The summed E-state index contributed by atoms with van der Waals surface area (Å²) in [5.41, 5.74) is 8.11. The number of likely N-dealkylation sites (N-methyl/N-ethyl adjacent to an activating group) is 1. The fraction of sp³-hybridized carbons (Fsp3) is 0.571. The number of fused-ring (bicyclic) bond motifs is 1. The predicted octanol–water partition coefficient (Wildman–Crippen LogP) is 1.55. The molecule has 0 amide bonds. The highest BCUT2D eigenvalue weighted by Crippen LogP contribution is 2.34. The summed E-state index contributed by atoms with van der Waals surface area (Å²) >= 11 is 0. The quantitative estimate of drug-likeness (QED) is 0.832. The molecule has 0 saturated heterocycles. The standard InChI is InChI=1S/C14H22N2O2/c1-11-8-13-14(18-10-17-13)9-12(11)4-7-16(2)6-3-5-15/h8-9H,3-7,10,15H2,1-2H3. The Morgan fingerprint density at radius 3 is 2.67 bits per heavy atom. The van der Waals surface area contributed by atoms with Crippen molar-refractivity contribution in [3.63, 3.8) is 0 Å². The van der Waals surface area contributed by atoms with E-state index in [-0.39, 0.29) is 0 Å². The molecule has 0 spiro atoms. The van der Waals surface area contributed by atoms with Crippen molar-refractivity contribution >= 4 is 0 Å². The summed E-state index contributed by atoms with van der Waals surface area (Å²) in [5, 5.41) is 0. The van der Waals surface area contributed by atoms with Gasteiger partial charge in [0.15, 0.2) is 11.5 Å². The number of aryl methyl sites for hydroxylation is 1. The van der Waals surface area contributed by atoms with Crippen molar-refractivity contribution < 1.29 is 9.47 Å². The Labute approximate surface area is 109 Å². The zero-order valence-corrected chi connectivity index (χ0v) is 11.2. The first-order valence-electron chi connectivity index (χ1n) is 6.48. The minimum absolute atomic E-state index is 0.342. The van der Waals surface area contributed by atoms with Crippen molar-refractivity contribution in [2.75, 3.05) is 33.5 Å². The summed E-state index contributed by atoms with van der Waals surface area (Å²) < 4.78 is 10.8. The molecule has 2 N–H and O–H groups in total. The second-order valence-corrected chi connectivity index (χ2v) is 4.83. The first-order chi connectivity index (χ1) is 8.70. The molecule has 0 saturated carbocycles. The second kappa shape index (κ2) is 6.07. The molecule has 0 unspecified atom stereocenters. The Kier molecular flexibility index (Phi) is 4.44. The third-order valence-corrected chi connectivity index (χ3v) is 3.34. The van der Waals surface area contributed by atoms with E-state index >= 15 is 0 Å². The van der Waals surface area contributed by atoms with Crippen molar-refractivity contribution in [2.45, 2.75) is 19.8 Å². The van der Waals surface area contributed by atoms with Gasteiger partial charge in [0, 0.05) is 6.54 Å². The van der Waals surface area contributed by atoms with E-state index in [4.69, 9.17) is 15.2 Å². The van der Waals surface area contributed by atoms with E-state index in [1.807, 2.05) is 0 Å². The molecule has 18 heavy (non-hydrogen) atoms. The van der Waals surface area contributed by atoms with E-state index in [1.54, 1.807) is 0 Å². The highest BCUT2D eigenvalue weighted by molar-refractivity contribution is 5.48. The number of nitrogens with two attached hydrogens (primary N) is 1. The third-order valence-electron chi connectivity index (χ3n) is 3.34. The minimum Gasteiger partial charge on any atom is -0.454 e. The van der Waals surface area contributed by atoms with E-state index in [1.165, 1.54) is 11.1 Å². The Hall–Kier alpha value is -1.26. The highest BCUT2D eigenvalue weighted by Gasteiger charge is 2.15. The largest absolute Gasteiger partial charge is 0.454 e. The monoisotopic (exact) mass is 250 g/mol. The number of nitrogens with zero attached hydrogens (tertiary/aromatic N) is 1. The lowest BCUT2D eigenvalue weighted by atomic mass is 10.0. The summed E-state index contributed by atoms with van der Waals surface area (Å²) in [7, 11) is 2.14. The van der Waals surface area contributed by atoms with E-state index < -0.39 is 0 Å². The van der Waals surface area contributed by atoms with Crippen molar-refractivity contribution in [1.29, 1.82) is 0 Å². The number of hydrogen-bond donors (Lipinski definition) is 1. The number of hydrogen-bond acceptors (Lipinski definition) is 4. The van der Waals surface area contributed by atoms with Crippen LogP contribution in [-0.4, -0.2) is 38.4 Å². The fourth-order valence-electron chi connectivity index (χ4n) is 2.14. The van der Waals surface area contributed by atoms with Crippen LogP contribution in [0.4, 0.5) is 0 Å². The van der Waals surface area contributed by atoms with E-state index in [2.05, 4.69) is 31.0 Å². The Morgan fingerprint density at radius 1 is 1.22 bits per heavy atom. The maximum Gasteiger partial charge on any atom is 0.231 e. The van der Waals surface area contributed by atoms with Crippen LogP contribution in [0, 0.1) is 6.92 Å². The van der Waals surface area contributed by atoms with Gasteiger partial charge in [0.05, 0.1) is 0 Å². The Balaban J connectivity index is 1.93. The normalized spacial score (nSPS) is 13.3. The Morgan fingerprint density at radius 2 is 1.94 bits per heavy atom.